The largest absolute Gasteiger partial charge is 0.507 e. The summed E-state index contributed by atoms with van der Waals surface area (Å²) in [7, 11) is 0. The van der Waals surface area contributed by atoms with Gasteiger partial charge in [0.2, 0.25) is 0 Å². The first-order chi connectivity index (χ1) is 7.74. The second-order valence-electron chi connectivity index (χ2n) is 4.80. The van der Waals surface area contributed by atoms with Crippen LogP contribution in [0.3, 0.4) is 0 Å². The standard InChI is InChI=1S/C13H15NO2/c15-12-7-9(8-1-2-8)3-6-11(12)13(16)14-10-4-5-10/h3,6-8,10,15H,1-2,4-5H2,(H,14,16). The van der Waals surface area contributed by atoms with Gasteiger partial charge in [-0.3, -0.25) is 4.79 Å². The number of phenols is 1. The maximum atomic E-state index is 11.7. The number of nitrogens with one attached hydrogen (secondary N) is 1. The molecule has 0 aliphatic heterocycles. The lowest BCUT2D eigenvalue weighted by Crippen LogP contribution is -2.25. The predicted molar refractivity (Wildman–Crippen MR) is 60.6 cm³/mol. The number of rotatable bonds is 3. The molecule has 2 N–H and O–H groups in total. The Bertz CT molecular complexity index is 434. The quantitative estimate of drug-likeness (QED) is 0.815. The minimum absolute atomic E-state index is 0.113. The Hall–Kier alpha value is -1.51. The van der Waals surface area contributed by atoms with Gasteiger partial charge in [-0.05, 0) is 49.3 Å². The average Bonchev–Trinajstić information content (AvgIpc) is 3.12. The SMILES string of the molecule is O=C(NC1CC1)c1ccc(C2CC2)cc1O. The molecule has 0 saturated heterocycles. The molecule has 1 aromatic carbocycles. The average molecular weight is 217 g/mol. The van der Waals surface area contributed by atoms with E-state index in [4.69, 9.17) is 0 Å². The van der Waals surface area contributed by atoms with E-state index >= 15 is 0 Å². The molecule has 0 unspecified atom stereocenters. The van der Waals surface area contributed by atoms with Gasteiger partial charge in [-0.2, -0.15) is 0 Å². The van der Waals surface area contributed by atoms with Crippen molar-refractivity contribution in [2.45, 2.75) is 37.6 Å². The van der Waals surface area contributed by atoms with E-state index in [9.17, 15) is 9.90 Å². The molecule has 0 radical (unpaired) electrons. The van der Waals surface area contributed by atoms with Crippen LogP contribution in [0.4, 0.5) is 0 Å². The summed E-state index contributed by atoms with van der Waals surface area (Å²) in [5.74, 6) is 0.566. The Morgan fingerprint density at radius 3 is 2.56 bits per heavy atom. The van der Waals surface area contributed by atoms with Gasteiger partial charge in [-0.25, -0.2) is 0 Å². The van der Waals surface area contributed by atoms with E-state index in [1.807, 2.05) is 6.07 Å². The molecule has 84 valence electrons. The predicted octanol–water partition coefficient (Wildman–Crippen LogP) is 2.16. The third-order valence-corrected chi connectivity index (χ3v) is 3.23. The van der Waals surface area contributed by atoms with Crippen LogP contribution in [0.2, 0.25) is 0 Å². The van der Waals surface area contributed by atoms with Gasteiger partial charge in [0, 0.05) is 6.04 Å². The third-order valence-electron chi connectivity index (χ3n) is 3.23. The zero-order valence-electron chi connectivity index (χ0n) is 9.07. The Morgan fingerprint density at radius 1 is 1.25 bits per heavy atom. The van der Waals surface area contributed by atoms with Crippen molar-refractivity contribution in [2.24, 2.45) is 0 Å². The fourth-order valence-corrected chi connectivity index (χ4v) is 1.90. The molecule has 2 aliphatic carbocycles. The fourth-order valence-electron chi connectivity index (χ4n) is 1.90. The van der Waals surface area contributed by atoms with Crippen LogP contribution in [0.25, 0.3) is 0 Å². The summed E-state index contributed by atoms with van der Waals surface area (Å²) in [6.07, 6.45) is 4.53. The van der Waals surface area contributed by atoms with Crippen LogP contribution in [0.1, 0.15) is 47.5 Å². The summed E-state index contributed by atoms with van der Waals surface area (Å²) >= 11 is 0. The molecule has 1 aromatic rings. The van der Waals surface area contributed by atoms with Crippen molar-refractivity contribution in [2.75, 3.05) is 0 Å². The second-order valence-corrected chi connectivity index (χ2v) is 4.80. The molecule has 3 heteroatoms. The first kappa shape index (κ1) is 9.70. The summed E-state index contributed by atoms with van der Waals surface area (Å²) in [6.45, 7) is 0. The van der Waals surface area contributed by atoms with E-state index in [0.29, 0.717) is 17.5 Å². The number of aromatic hydroxyl groups is 1. The lowest BCUT2D eigenvalue weighted by Gasteiger charge is -2.07. The van der Waals surface area contributed by atoms with Crippen molar-refractivity contribution >= 4 is 5.91 Å². The number of benzene rings is 1. The molecule has 0 heterocycles. The smallest absolute Gasteiger partial charge is 0.255 e. The van der Waals surface area contributed by atoms with Crippen LogP contribution in [-0.4, -0.2) is 17.1 Å². The summed E-state index contributed by atoms with van der Waals surface area (Å²) in [6, 6.07) is 5.76. The van der Waals surface area contributed by atoms with E-state index in [1.54, 1.807) is 12.1 Å². The summed E-state index contributed by atoms with van der Waals surface area (Å²) < 4.78 is 0. The van der Waals surface area contributed by atoms with Gasteiger partial charge in [0.1, 0.15) is 5.75 Å². The van der Waals surface area contributed by atoms with Crippen molar-refractivity contribution in [1.29, 1.82) is 0 Å². The lowest BCUT2D eigenvalue weighted by molar-refractivity contribution is 0.0948. The van der Waals surface area contributed by atoms with Gasteiger partial charge in [-0.15, -0.1) is 0 Å². The molecule has 0 aromatic heterocycles. The van der Waals surface area contributed by atoms with E-state index in [2.05, 4.69) is 5.32 Å². The Balaban J connectivity index is 1.79. The summed E-state index contributed by atoms with van der Waals surface area (Å²) in [5, 5.41) is 12.7. The molecule has 16 heavy (non-hydrogen) atoms. The number of carbonyl (C=O) groups is 1. The van der Waals surface area contributed by atoms with Crippen LogP contribution >= 0.6 is 0 Å². The van der Waals surface area contributed by atoms with Crippen LogP contribution in [-0.2, 0) is 0 Å². The monoisotopic (exact) mass is 217 g/mol. The van der Waals surface area contributed by atoms with Crippen LogP contribution < -0.4 is 5.32 Å². The Labute approximate surface area is 94.5 Å². The maximum Gasteiger partial charge on any atom is 0.255 e. The highest BCUT2D eigenvalue weighted by atomic mass is 16.3. The van der Waals surface area contributed by atoms with Crippen molar-refractivity contribution in [1.82, 2.24) is 5.32 Å². The summed E-state index contributed by atoms with van der Waals surface area (Å²) in [5.41, 5.74) is 1.55. The summed E-state index contributed by atoms with van der Waals surface area (Å²) in [4.78, 5) is 11.7. The second kappa shape index (κ2) is 3.51. The van der Waals surface area contributed by atoms with Gasteiger partial charge in [0.15, 0.2) is 0 Å². The highest BCUT2D eigenvalue weighted by Crippen LogP contribution is 2.41. The molecule has 3 rings (SSSR count). The number of hydrogen-bond donors (Lipinski definition) is 2. The Morgan fingerprint density at radius 2 is 2.00 bits per heavy atom. The molecular formula is C13H15NO2. The van der Waals surface area contributed by atoms with Crippen molar-refractivity contribution in [3.05, 3.63) is 29.3 Å². The van der Waals surface area contributed by atoms with Gasteiger partial charge >= 0.3 is 0 Å². The van der Waals surface area contributed by atoms with E-state index in [0.717, 1.165) is 18.4 Å². The molecular weight excluding hydrogens is 202 g/mol. The minimum Gasteiger partial charge on any atom is -0.507 e. The first-order valence-electron chi connectivity index (χ1n) is 5.88. The fraction of sp³-hybridized carbons (Fsp3) is 0.462. The number of hydrogen-bond acceptors (Lipinski definition) is 2. The molecule has 1 amide bonds. The van der Waals surface area contributed by atoms with Gasteiger partial charge in [-0.1, -0.05) is 6.07 Å². The molecule has 3 nitrogen and oxygen atoms in total. The van der Waals surface area contributed by atoms with Gasteiger partial charge < -0.3 is 10.4 Å². The number of amides is 1. The lowest BCUT2D eigenvalue weighted by atomic mass is 10.1. The highest BCUT2D eigenvalue weighted by molar-refractivity contribution is 5.97. The van der Waals surface area contributed by atoms with E-state index < -0.39 is 0 Å². The van der Waals surface area contributed by atoms with Crippen molar-refractivity contribution in [3.8, 4) is 5.75 Å². The van der Waals surface area contributed by atoms with Gasteiger partial charge in [0.05, 0.1) is 5.56 Å². The molecule has 0 bridgehead atoms. The highest BCUT2D eigenvalue weighted by Gasteiger charge is 2.27. The zero-order valence-corrected chi connectivity index (χ0v) is 9.07. The van der Waals surface area contributed by atoms with Crippen LogP contribution in [0.5, 0.6) is 5.75 Å². The van der Waals surface area contributed by atoms with Crippen LogP contribution in [0.15, 0.2) is 18.2 Å². The number of carbonyl (C=O) groups excluding carboxylic acids is 1. The molecule has 2 saturated carbocycles. The molecule has 0 spiro atoms. The van der Waals surface area contributed by atoms with E-state index in [1.165, 1.54) is 12.8 Å². The normalized spacial score (nSPS) is 19.5. The Kier molecular flexibility index (Phi) is 2.13. The minimum atomic E-state index is -0.151. The zero-order chi connectivity index (χ0) is 11.1. The van der Waals surface area contributed by atoms with E-state index in [-0.39, 0.29) is 11.7 Å². The van der Waals surface area contributed by atoms with Crippen molar-refractivity contribution in [3.63, 3.8) is 0 Å². The third kappa shape index (κ3) is 1.90. The topological polar surface area (TPSA) is 49.3 Å². The van der Waals surface area contributed by atoms with Crippen LogP contribution in [0, 0.1) is 0 Å². The molecule has 0 atom stereocenters. The number of phenolic OH excluding ortho intramolecular Hbond substituents is 1. The van der Waals surface area contributed by atoms with Crippen molar-refractivity contribution < 1.29 is 9.90 Å². The molecule has 2 fully saturated rings. The van der Waals surface area contributed by atoms with Gasteiger partial charge in [0.25, 0.3) is 5.91 Å². The maximum absolute atomic E-state index is 11.7. The molecule has 2 aliphatic rings. The first-order valence-corrected chi connectivity index (χ1v) is 5.88.